The molecular weight excluding hydrogens is 251 g/mol. The van der Waals surface area contributed by atoms with Crippen LogP contribution in [0.2, 0.25) is 0 Å². The van der Waals surface area contributed by atoms with Crippen molar-refractivity contribution in [2.24, 2.45) is 0 Å². The molecule has 2 atom stereocenters. The Hall–Kier alpha value is -0.670. The number of carbonyl (C=O) groups excluding carboxylic acids is 1. The Morgan fingerprint density at radius 1 is 1.06 bits per heavy atom. The van der Waals surface area contributed by atoms with E-state index in [9.17, 15) is 4.79 Å². The van der Waals surface area contributed by atoms with Gasteiger partial charge >= 0.3 is 6.16 Å². The van der Waals surface area contributed by atoms with E-state index in [1.54, 1.807) is 0 Å². The molecule has 0 saturated heterocycles. The molecule has 0 aliphatic carbocycles. The molecule has 0 aromatic carbocycles. The van der Waals surface area contributed by atoms with Crippen molar-refractivity contribution in [1.29, 1.82) is 0 Å². The predicted molar refractivity (Wildman–Crippen MR) is 66.2 cm³/mol. The molecule has 0 radical (unpaired) electrons. The molecular formula is C11H16Cl2O3. The van der Waals surface area contributed by atoms with Gasteiger partial charge in [0, 0.05) is 24.6 Å². The Morgan fingerprint density at radius 3 is 1.69 bits per heavy atom. The summed E-state index contributed by atoms with van der Waals surface area (Å²) in [6.07, 6.45) is 2.42. The van der Waals surface area contributed by atoms with Crippen molar-refractivity contribution < 1.29 is 14.3 Å². The van der Waals surface area contributed by atoms with Gasteiger partial charge in [0.15, 0.2) is 0 Å². The molecule has 0 aromatic heterocycles. The van der Waals surface area contributed by atoms with Crippen LogP contribution in [-0.4, -0.2) is 30.1 Å². The third kappa shape index (κ3) is 6.75. The van der Waals surface area contributed by atoms with Gasteiger partial charge in [0.25, 0.3) is 0 Å². The topological polar surface area (TPSA) is 35.5 Å². The highest BCUT2D eigenvalue weighted by Crippen LogP contribution is 2.07. The average Bonchev–Trinajstić information content (AvgIpc) is 2.27. The fourth-order valence-corrected chi connectivity index (χ4v) is 1.37. The standard InChI is InChI=1S/C11H16Cl2O3/c1-3-9(5-7-12)15-11(14)16-10(4-2)6-8-13/h3-4,9-10H,1-2,5-8H2. The highest BCUT2D eigenvalue weighted by molar-refractivity contribution is 6.18. The van der Waals surface area contributed by atoms with Crippen LogP contribution < -0.4 is 0 Å². The molecule has 16 heavy (non-hydrogen) atoms. The van der Waals surface area contributed by atoms with Gasteiger partial charge in [0.05, 0.1) is 0 Å². The molecule has 0 spiro atoms. The summed E-state index contributed by atoms with van der Waals surface area (Å²) in [5.74, 6) is 0.771. The predicted octanol–water partition coefficient (Wildman–Crippen LogP) is 3.51. The van der Waals surface area contributed by atoms with E-state index in [0.29, 0.717) is 24.6 Å². The lowest BCUT2D eigenvalue weighted by Gasteiger charge is -2.16. The maximum Gasteiger partial charge on any atom is 0.509 e. The van der Waals surface area contributed by atoms with Crippen LogP contribution in [-0.2, 0) is 9.47 Å². The van der Waals surface area contributed by atoms with E-state index in [1.165, 1.54) is 12.2 Å². The highest BCUT2D eigenvalue weighted by atomic mass is 35.5. The second kappa shape index (κ2) is 9.55. The summed E-state index contributed by atoms with van der Waals surface area (Å²) in [7, 11) is 0. The van der Waals surface area contributed by atoms with Gasteiger partial charge in [0.2, 0.25) is 0 Å². The van der Waals surface area contributed by atoms with Crippen LogP contribution in [0.5, 0.6) is 0 Å². The molecule has 0 N–H and O–H groups in total. The third-order valence-electron chi connectivity index (χ3n) is 1.81. The number of rotatable bonds is 8. The lowest BCUT2D eigenvalue weighted by Crippen LogP contribution is -2.22. The van der Waals surface area contributed by atoms with Crippen LogP contribution >= 0.6 is 23.2 Å². The zero-order valence-electron chi connectivity index (χ0n) is 9.03. The molecule has 0 rings (SSSR count). The number of ether oxygens (including phenoxy) is 2. The molecule has 0 aliphatic heterocycles. The van der Waals surface area contributed by atoms with Crippen molar-refractivity contribution >= 4 is 29.4 Å². The normalized spacial score (nSPS) is 13.6. The fraction of sp³-hybridized carbons (Fsp3) is 0.545. The van der Waals surface area contributed by atoms with Crippen LogP contribution in [0.25, 0.3) is 0 Å². The van der Waals surface area contributed by atoms with Crippen LogP contribution in [0.1, 0.15) is 12.8 Å². The van der Waals surface area contributed by atoms with Gasteiger partial charge in [-0.15, -0.1) is 23.2 Å². The van der Waals surface area contributed by atoms with Gasteiger partial charge in [-0.05, 0) is 0 Å². The first-order valence-corrected chi connectivity index (χ1v) is 5.99. The second-order valence-electron chi connectivity index (χ2n) is 2.99. The van der Waals surface area contributed by atoms with Crippen LogP contribution in [0, 0.1) is 0 Å². The monoisotopic (exact) mass is 266 g/mol. The molecule has 0 aromatic rings. The van der Waals surface area contributed by atoms with Crippen molar-refractivity contribution in [3.8, 4) is 0 Å². The van der Waals surface area contributed by atoms with E-state index >= 15 is 0 Å². The minimum atomic E-state index is -0.759. The molecule has 92 valence electrons. The summed E-state index contributed by atoms with van der Waals surface area (Å²) in [4.78, 5) is 11.3. The molecule has 0 heterocycles. The molecule has 2 unspecified atom stereocenters. The van der Waals surface area contributed by atoms with Gasteiger partial charge in [0.1, 0.15) is 12.2 Å². The molecule has 3 nitrogen and oxygen atoms in total. The maximum atomic E-state index is 11.3. The summed E-state index contributed by atoms with van der Waals surface area (Å²) in [5, 5.41) is 0. The van der Waals surface area contributed by atoms with Crippen LogP contribution in [0.3, 0.4) is 0 Å². The minimum absolute atomic E-state index is 0.385. The number of hydrogen-bond acceptors (Lipinski definition) is 3. The second-order valence-corrected chi connectivity index (χ2v) is 3.75. The zero-order chi connectivity index (χ0) is 12.4. The van der Waals surface area contributed by atoms with Gasteiger partial charge in [-0.3, -0.25) is 0 Å². The smallest absolute Gasteiger partial charge is 0.427 e. The van der Waals surface area contributed by atoms with E-state index in [4.69, 9.17) is 32.7 Å². The van der Waals surface area contributed by atoms with E-state index in [1.807, 2.05) is 0 Å². The highest BCUT2D eigenvalue weighted by Gasteiger charge is 2.15. The summed E-state index contributed by atoms with van der Waals surface area (Å²) >= 11 is 11.1. The summed E-state index contributed by atoms with van der Waals surface area (Å²) < 4.78 is 9.93. The number of carbonyl (C=O) groups is 1. The SMILES string of the molecule is C=CC(CCCl)OC(=O)OC(C=C)CCCl. The van der Waals surface area contributed by atoms with Crippen molar-refractivity contribution in [3.63, 3.8) is 0 Å². The van der Waals surface area contributed by atoms with Crippen molar-refractivity contribution in [1.82, 2.24) is 0 Å². The molecule has 0 amide bonds. The lowest BCUT2D eigenvalue weighted by molar-refractivity contribution is 0.0203. The Kier molecular flexibility index (Phi) is 9.15. The van der Waals surface area contributed by atoms with Crippen molar-refractivity contribution in [3.05, 3.63) is 25.3 Å². The molecule has 0 bridgehead atoms. The third-order valence-corrected chi connectivity index (χ3v) is 2.24. The van der Waals surface area contributed by atoms with E-state index in [2.05, 4.69) is 13.2 Å². The maximum absolute atomic E-state index is 11.3. The summed E-state index contributed by atoms with van der Waals surface area (Å²) in [6, 6.07) is 0. The van der Waals surface area contributed by atoms with Crippen molar-refractivity contribution in [2.45, 2.75) is 25.0 Å². The Bertz CT molecular complexity index is 209. The first kappa shape index (κ1) is 15.3. The largest absolute Gasteiger partial charge is 0.509 e. The van der Waals surface area contributed by atoms with Gasteiger partial charge in [-0.1, -0.05) is 25.3 Å². The Labute approximate surface area is 106 Å². The number of halogens is 2. The number of alkyl halides is 2. The minimum Gasteiger partial charge on any atom is -0.427 e. The summed E-state index contributed by atoms with van der Waals surface area (Å²) in [6.45, 7) is 7.07. The van der Waals surface area contributed by atoms with E-state index in [-0.39, 0.29) is 0 Å². The zero-order valence-corrected chi connectivity index (χ0v) is 10.5. The first-order valence-electron chi connectivity index (χ1n) is 4.92. The van der Waals surface area contributed by atoms with Gasteiger partial charge < -0.3 is 9.47 Å². The van der Waals surface area contributed by atoms with Gasteiger partial charge in [-0.2, -0.15) is 0 Å². The molecule has 0 aliphatic rings. The van der Waals surface area contributed by atoms with Crippen LogP contribution in [0.4, 0.5) is 4.79 Å². The first-order chi connectivity index (χ1) is 7.67. The van der Waals surface area contributed by atoms with E-state index in [0.717, 1.165) is 0 Å². The van der Waals surface area contributed by atoms with Gasteiger partial charge in [-0.25, -0.2) is 4.79 Å². The van der Waals surface area contributed by atoms with Crippen LogP contribution in [0.15, 0.2) is 25.3 Å². The van der Waals surface area contributed by atoms with Crippen molar-refractivity contribution in [2.75, 3.05) is 11.8 Å². The Balaban J connectivity index is 4.03. The van der Waals surface area contributed by atoms with E-state index < -0.39 is 18.4 Å². The fourth-order valence-electron chi connectivity index (χ4n) is 0.940. The molecule has 0 saturated carbocycles. The quantitative estimate of drug-likeness (QED) is 0.383. The number of hydrogen-bond donors (Lipinski definition) is 0. The average molecular weight is 267 g/mol. The summed E-state index contributed by atoms with van der Waals surface area (Å²) in [5.41, 5.74) is 0. The lowest BCUT2D eigenvalue weighted by atomic mass is 10.3. The Morgan fingerprint density at radius 2 is 1.44 bits per heavy atom. The molecule has 0 fully saturated rings. The molecule has 5 heteroatoms.